The summed E-state index contributed by atoms with van der Waals surface area (Å²) in [6.07, 6.45) is -0.859. The maximum atomic E-state index is 12.4. The monoisotopic (exact) mass is 254 g/mol. The molecule has 0 amide bonds. The number of hydrogen-bond acceptors (Lipinski definition) is 1. The van der Waals surface area contributed by atoms with Crippen LogP contribution in [0.2, 0.25) is 0 Å². The molecular weight excluding hydrogens is 241 g/mol. The molecular formula is C13H13F3N2. The topological polar surface area (TPSA) is 17.8 Å². The summed E-state index contributed by atoms with van der Waals surface area (Å²) in [4.78, 5) is 4.20. The minimum atomic E-state index is -4.30. The number of hydrogen-bond donors (Lipinski definition) is 0. The van der Waals surface area contributed by atoms with Gasteiger partial charge < -0.3 is 4.57 Å². The normalized spacial score (nSPS) is 12.1. The van der Waals surface area contributed by atoms with Gasteiger partial charge in [-0.2, -0.15) is 13.2 Å². The molecule has 0 spiro atoms. The molecule has 5 heteroatoms. The number of alkyl halides is 3. The van der Waals surface area contributed by atoms with Gasteiger partial charge in [-0.25, -0.2) is 4.98 Å². The fraction of sp³-hybridized carbons (Fsp3) is 0.308. The first-order valence-corrected chi connectivity index (χ1v) is 5.59. The average Bonchev–Trinajstić information content (AvgIpc) is 2.77. The van der Waals surface area contributed by atoms with Crippen molar-refractivity contribution in [3.8, 4) is 5.69 Å². The zero-order chi connectivity index (χ0) is 13.3. The van der Waals surface area contributed by atoms with E-state index < -0.39 is 11.7 Å². The Balaban J connectivity index is 2.29. The number of aromatic nitrogens is 2. The summed E-state index contributed by atoms with van der Waals surface area (Å²) >= 11 is 0. The maximum absolute atomic E-state index is 12.4. The lowest BCUT2D eigenvalue weighted by molar-refractivity contribution is -0.137. The van der Waals surface area contributed by atoms with E-state index in [1.807, 2.05) is 20.0 Å². The van der Waals surface area contributed by atoms with E-state index >= 15 is 0 Å². The van der Waals surface area contributed by atoms with Crippen molar-refractivity contribution in [3.63, 3.8) is 0 Å². The first-order chi connectivity index (χ1) is 8.38. The van der Waals surface area contributed by atoms with Crippen molar-refractivity contribution in [2.45, 2.75) is 25.9 Å². The van der Waals surface area contributed by atoms with Crippen molar-refractivity contribution in [1.82, 2.24) is 9.55 Å². The Morgan fingerprint density at radius 3 is 2.17 bits per heavy atom. The molecule has 0 aliphatic heterocycles. The highest BCUT2D eigenvalue weighted by molar-refractivity contribution is 5.36. The summed E-state index contributed by atoms with van der Waals surface area (Å²) in [5, 5.41) is 0. The lowest BCUT2D eigenvalue weighted by Gasteiger charge is -2.07. The van der Waals surface area contributed by atoms with Crippen molar-refractivity contribution < 1.29 is 13.2 Å². The maximum Gasteiger partial charge on any atom is 0.416 e. The van der Waals surface area contributed by atoms with Gasteiger partial charge in [-0.1, -0.05) is 13.8 Å². The quantitative estimate of drug-likeness (QED) is 0.791. The van der Waals surface area contributed by atoms with Gasteiger partial charge in [0, 0.05) is 11.9 Å². The Labute approximate surface area is 103 Å². The molecule has 0 saturated heterocycles. The summed E-state index contributed by atoms with van der Waals surface area (Å²) in [5.74, 6) is 0.292. The number of imidazole rings is 1. The predicted octanol–water partition coefficient (Wildman–Crippen LogP) is 4.01. The third kappa shape index (κ3) is 2.55. The van der Waals surface area contributed by atoms with Gasteiger partial charge in [0.2, 0.25) is 0 Å². The van der Waals surface area contributed by atoms with Crippen molar-refractivity contribution in [2.75, 3.05) is 0 Å². The molecule has 18 heavy (non-hydrogen) atoms. The second-order valence-corrected chi connectivity index (χ2v) is 4.41. The van der Waals surface area contributed by atoms with Crippen LogP contribution in [-0.4, -0.2) is 9.55 Å². The van der Waals surface area contributed by atoms with E-state index in [1.165, 1.54) is 12.1 Å². The highest BCUT2D eigenvalue weighted by Crippen LogP contribution is 2.29. The summed E-state index contributed by atoms with van der Waals surface area (Å²) in [5.41, 5.74) is 0.938. The van der Waals surface area contributed by atoms with Crippen molar-refractivity contribution in [1.29, 1.82) is 0 Å². The van der Waals surface area contributed by atoms with E-state index in [-0.39, 0.29) is 0 Å². The van der Waals surface area contributed by atoms with Crippen LogP contribution in [0.1, 0.15) is 31.0 Å². The highest BCUT2D eigenvalue weighted by atomic mass is 19.4. The largest absolute Gasteiger partial charge is 0.416 e. The SMILES string of the molecule is CC(C)c1cn(-c2ccc(C(F)(F)F)cc2)cn1. The number of benzene rings is 1. The van der Waals surface area contributed by atoms with Gasteiger partial charge in [0.1, 0.15) is 0 Å². The van der Waals surface area contributed by atoms with Gasteiger partial charge in [0.15, 0.2) is 0 Å². The Morgan fingerprint density at radius 1 is 1.11 bits per heavy atom. The van der Waals surface area contributed by atoms with Gasteiger partial charge in [0.25, 0.3) is 0 Å². The molecule has 0 aliphatic rings. The fourth-order valence-electron chi connectivity index (χ4n) is 1.60. The average molecular weight is 254 g/mol. The van der Waals surface area contributed by atoms with E-state index in [0.717, 1.165) is 17.8 Å². The Bertz CT molecular complexity index is 524. The van der Waals surface area contributed by atoms with E-state index in [4.69, 9.17) is 0 Å². The van der Waals surface area contributed by atoms with Gasteiger partial charge >= 0.3 is 6.18 Å². The number of rotatable bonds is 2. The molecule has 1 heterocycles. The van der Waals surface area contributed by atoms with Crippen LogP contribution in [0.4, 0.5) is 13.2 Å². The van der Waals surface area contributed by atoms with E-state index in [9.17, 15) is 13.2 Å². The van der Waals surface area contributed by atoms with Gasteiger partial charge in [-0.05, 0) is 30.2 Å². The molecule has 0 aliphatic carbocycles. The zero-order valence-electron chi connectivity index (χ0n) is 10.1. The van der Waals surface area contributed by atoms with Crippen LogP contribution in [-0.2, 0) is 6.18 Å². The highest BCUT2D eigenvalue weighted by Gasteiger charge is 2.29. The standard InChI is InChI=1S/C13H13F3N2/c1-9(2)12-7-18(8-17-12)11-5-3-10(4-6-11)13(14,15)16/h3-9H,1-2H3. The molecule has 2 nitrogen and oxygen atoms in total. The lowest BCUT2D eigenvalue weighted by atomic mass is 10.1. The lowest BCUT2D eigenvalue weighted by Crippen LogP contribution is -2.04. The molecule has 1 aromatic carbocycles. The second kappa shape index (κ2) is 4.48. The van der Waals surface area contributed by atoms with E-state index in [2.05, 4.69) is 4.98 Å². The molecule has 0 bridgehead atoms. The van der Waals surface area contributed by atoms with Crippen molar-refractivity contribution in [3.05, 3.63) is 48.0 Å². The third-order valence-corrected chi connectivity index (χ3v) is 2.69. The Kier molecular flexibility index (Phi) is 3.15. The molecule has 0 radical (unpaired) electrons. The first-order valence-electron chi connectivity index (χ1n) is 5.59. The minimum absolute atomic E-state index is 0.292. The molecule has 96 valence electrons. The van der Waals surface area contributed by atoms with Crippen molar-refractivity contribution >= 4 is 0 Å². The number of nitrogens with zero attached hydrogens (tertiary/aromatic N) is 2. The van der Waals surface area contributed by atoms with Crippen LogP contribution in [0, 0.1) is 0 Å². The summed E-state index contributed by atoms with van der Waals surface area (Å²) < 4.78 is 39.0. The van der Waals surface area contributed by atoms with Gasteiger partial charge in [-0.3, -0.25) is 0 Å². The predicted molar refractivity (Wildman–Crippen MR) is 62.7 cm³/mol. The summed E-state index contributed by atoms with van der Waals surface area (Å²) in [7, 11) is 0. The molecule has 0 N–H and O–H groups in total. The van der Waals surface area contributed by atoms with E-state index in [1.54, 1.807) is 10.9 Å². The summed E-state index contributed by atoms with van der Waals surface area (Å²) in [6.45, 7) is 4.03. The molecule has 0 unspecified atom stereocenters. The first kappa shape index (κ1) is 12.7. The van der Waals surface area contributed by atoms with Crippen LogP contribution >= 0.6 is 0 Å². The van der Waals surface area contributed by atoms with Crippen molar-refractivity contribution in [2.24, 2.45) is 0 Å². The smallest absolute Gasteiger partial charge is 0.306 e. The van der Waals surface area contributed by atoms with Crippen LogP contribution < -0.4 is 0 Å². The molecule has 1 aromatic heterocycles. The molecule has 0 fully saturated rings. The zero-order valence-corrected chi connectivity index (χ0v) is 10.1. The molecule has 0 atom stereocenters. The Morgan fingerprint density at radius 2 is 1.72 bits per heavy atom. The van der Waals surface area contributed by atoms with Crippen LogP contribution in [0.3, 0.4) is 0 Å². The van der Waals surface area contributed by atoms with Crippen LogP contribution in [0.5, 0.6) is 0 Å². The second-order valence-electron chi connectivity index (χ2n) is 4.41. The van der Waals surface area contributed by atoms with Gasteiger partial charge in [0.05, 0.1) is 17.6 Å². The van der Waals surface area contributed by atoms with Crippen LogP contribution in [0.15, 0.2) is 36.8 Å². The summed E-state index contributed by atoms with van der Waals surface area (Å²) in [6, 6.07) is 5.03. The Hall–Kier alpha value is -1.78. The van der Waals surface area contributed by atoms with Crippen LogP contribution in [0.25, 0.3) is 5.69 Å². The minimum Gasteiger partial charge on any atom is -0.306 e. The molecule has 0 saturated carbocycles. The fourth-order valence-corrected chi connectivity index (χ4v) is 1.60. The third-order valence-electron chi connectivity index (χ3n) is 2.69. The van der Waals surface area contributed by atoms with E-state index in [0.29, 0.717) is 11.6 Å². The number of halogens is 3. The molecule has 2 aromatic rings. The molecule has 2 rings (SSSR count). The van der Waals surface area contributed by atoms with Gasteiger partial charge in [-0.15, -0.1) is 0 Å².